The number of rotatable bonds is 0. The number of hydrogen-bond donors (Lipinski definition) is 0. The normalized spacial score (nSPS) is 8.44. The molecular weight excluding hydrogens is 223 g/mol. The van der Waals surface area contributed by atoms with Crippen LogP contribution in [0.3, 0.4) is 0 Å². The van der Waals surface area contributed by atoms with Crippen molar-refractivity contribution >= 4 is 22.6 Å². The summed E-state index contributed by atoms with van der Waals surface area (Å²) in [5.41, 5.74) is 0.845. The van der Waals surface area contributed by atoms with Gasteiger partial charge >= 0.3 is 0 Å². The summed E-state index contributed by atoms with van der Waals surface area (Å²) < 4.78 is 1.08. The summed E-state index contributed by atoms with van der Waals surface area (Å²) in [4.78, 5) is 0. The van der Waals surface area contributed by atoms with Crippen LogP contribution in [0.4, 0.5) is 0 Å². The zero-order chi connectivity index (χ0) is 6.69. The molecule has 0 nitrogen and oxygen atoms in total. The van der Waals surface area contributed by atoms with Gasteiger partial charge in [0.2, 0.25) is 0 Å². The van der Waals surface area contributed by atoms with Gasteiger partial charge in [-0.3, -0.25) is 0 Å². The summed E-state index contributed by atoms with van der Waals surface area (Å²) >= 11 is 2.19. The molecule has 0 atom stereocenters. The highest BCUT2D eigenvalue weighted by molar-refractivity contribution is 14.1. The molecule has 0 spiro atoms. The van der Waals surface area contributed by atoms with E-state index < -0.39 is 0 Å². The maximum Gasteiger partial charge on any atom is 0.0455 e. The second-order valence-electron chi connectivity index (χ2n) is 1.54. The van der Waals surface area contributed by atoms with Gasteiger partial charge in [-0.25, -0.2) is 0 Å². The molecule has 9 heavy (non-hydrogen) atoms. The molecule has 0 saturated carbocycles. The monoisotopic (exact) mass is 227 g/mol. The lowest BCUT2D eigenvalue weighted by Crippen LogP contribution is -1.77. The molecule has 0 bridgehead atoms. The quantitative estimate of drug-likeness (QED) is 0.470. The lowest BCUT2D eigenvalue weighted by atomic mass is 10.2. The van der Waals surface area contributed by atoms with Gasteiger partial charge in [-0.2, -0.15) is 0 Å². The summed E-state index contributed by atoms with van der Waals surface area (Å²) in [5.74, 6) is 2.53. The third kappa shape index (κ3) is 1.46. The predicted octanol–water partition coefficient (Wildman–Crippen LogP) is 2.07. The van der Waals surface area contributed by atoms with Crippen molar-refractivity contribution < 1.29 is 0 Å². The number of halogens is 1. The molecule has 0 aliphatic heterocycles. The van der Waals surface area contributed by atoms with Crippen LogP contribution in [0.5, 0.6) is 0 Å². The van der Waals surface area contributed by atoms with Crippen LogP contribution in [0.25, 0.3) is 0 Å². The average molecular weight is 227 g/mol. The minimum atomic E-state index is 0.845. The minimum absolute atomic E-state index is 0.845. The van der Waals surface area contributed by atoms with Crippen LogP contribution in [-0.4, -0.2) is 0 Å². The first kappa shape index (κ1) is 6.63. The number of hydrogen-bond acceptors (Lipinski definition) is 0. The fourth-order valence-electron chi connectivity index (χ4n) is 0.527. The molecule has 0 aromatic heterocycles. The van der Waals surface area contributed by atoms with Crippen LogP contribution in [0.15, 0.2) is 18.2 Å². The van der Waals surface area contributed by atoms with E-state index in [-0.39, 0.29) is 0 Å². The van der Waals surface area contributed by atoms with E-state index in [4.69, 9.17) is 6.42 Å². The zero-order valence-corrected chi connectivity index (χ0v) is 6.84. The van der Waals surface area contributed by atoms with Gasteiger partial charge in [-0.05, 0) is 34.7 Å². The number of terminal acetylenes is 1. The van der Waals surface area contributed by atoms with Crippen LogP contribution in [0.2, 0.25) is 0 Å². The molecule has 0 amide bonds. The molecule has 1 rings (SSSR count). The Kier molecular flexibility index (Phi) is 2.12. The van der Waals surface area contributed by atoms with Crippen molar-refractivity contribution in [2.45, 2.75) is 0 Å². The number of benzene rings is 1. The Morgan fingerprint density at radius 1 is 1.67 bits per heavy atom. The molecule has 0 aliphatic carbocycles. The van der Waals surface area contributed by atoms with E-state index in [1.54, 1.807) is 0 Å². The maximum absolute atomic E-state index is 5.16. The van der Waals surface area contributed by atoms with Crippen molar-refractivity contribution in [1.82, 2.24) is 0 Å². The molecule has 0 fully saturated rings. The second kappa shape index (κ2) is 2.88. The Morgan fingerprint density at radius 2 is 2.44 bits per heavy atom. The largest absolute Gasteiger partial charge is 0.115 e. The van der Waals surface area contributed by atoms with Gasteiger partial charge in [0.1, 0.15) is 0 Å². The Balaban J connectivity index is 3.20. The highest BCUT2D eigenvalue weighted by atomic mass is 127. The SMILES string of the molecule is C#Cc1[c]cccc1I. The van der Waals surface area contributed by atoms with Gasteiger partial charge < -0.3 is 0 Å². The Labute approximate surface area is 68.4 Å². The maximum atomic E-state index is 5.16. The van der Waals surface area contributed by atoms with Crippen molar-refractivity contribution in [2.75, 3.05) is 0 Å². The van der Waals surface area contributed by atoms with E-state index >= 15 is 0 Å². The zero-order valence-electron chi connectivity index (χ0n) is 4.69. The summed E-state index contributed by atoms with van der Waals surface area (Å²) in [6.07, 6.45) is 5.16. The Morgan fingerprint density at radius 3 is 2.89 bits per heavy atom. The van der Waals surface area contributed by atoms with Crippen molar-refractivity contribution in [3.05, 3.63) is 33.4 Å². The van der Waals surface area contributed by atoms with Crippen molar-refractivity contribution in [1.29, 1.82) is 0 Å². The van der Waals surface area contributed by atoms with E-state index in [1.165, 1.54) is 0 Å². The van der Waals surface area contributed by atoms with Crippen LogP contribution >= 0.6 is 22.6 Å². The van der Waals surface area contributed by atoms with E-state index in [2.05, 4.69) is 34.6 Å². The fraction of sp³-hybridized carbons (Fsp3) is 0. The standard InChI is InChI=1S/C8H4I/c1-2-7-5-3-4-6-8(7)9/h1,3-4,6H. The van der Waals surface area contributed by atoms with Crippen LogP contribution < -0.4 is 0 Å². The molecule has 1 heteroatoms. The van der Waals surface area contributed by atoms with Crippen LogP contribution in [0.1, 0.15) is 5.56 Å². The van der Waals surface area contributed by atoms with Gasteiger partial charge in [-0.15, -0.1) is 6.42 Å². The molecule has 1 aromatic rings. The van der Waals surface area contributed by atoms with Gasteiger partial charge in [0, 0.05) is 9.13 Å². The summed E-state index contributed by atoms with van der Waals surface area (Å²) in [7, 11) is 0. The van der Waals surface area contributed by atoms with Gasteiger partial charge in [0.05, 0.1) is 0 Å². The Hall–Kier alpha value is -0.490. The molecule has 0 aliphatic rings. The van der Waals surface area contributed by atoms with E-state index in [9.17, 15) is 0 Å². The van der Waals surface area contributed by atoms with E-state index in [0.29, 0.717) is 0 Å². The first-order valence-corrected chi connectivity index (χ1v) is 3.55. The Bertz CT molecular complexity index is 245. The first-order chi connectivity index (χ1) is 4.34. The van der Waals surface area contributed by atoms with Crippen LogP contribution in [-0.2, 0) is 0 Å². The molecule has 1 radical (unpaired) electrons. The third-order valence-corrected chi connectivity index (χ3v) is 1.85. The smallest absolute Gasteiger partial charge is 0.0455 e. The molecule has 0 heterocycles. The van der Waals surface area contributed by atoms with Crippen molar-refractivity contribution in [3.8, 4) is 12.3 Å². The van der Waals surface area contributed by atoms with Gasteiger partial charge in [-0.1, -0.05) is 18.1 Å². The molecular formula is C8H4I. The highest BCUT2D eigenvalue weighted by Gasteiger charge is 1.90. The van der Waals surface area contributed by atoms with Crippen molar-refractivity contribution in [2.24, 2.45) is 0 Å². The summed E-state index contributed by atoms with van der Waals surface area (Å²) in [6, 6.07) is 8.64. The second-order valence-corrected chi connectivity index (χ2v) is 2.70. The average Bonchev–Trinajstić information content (AvgIpc) is 1.89. The molecule has 0 unspecified atom stereocenters. The minimum Gasteiger partial charge on any atom is -0.115 e. The third-order valence-electron chi connectivity index (χ3n) is 0.950. The van der Waals surface area contributed by atoms with Gasteiger partial charge in [0.15, 0.2) is 0 Å². The molecule has 0 N–H and O–H groups in total. The predicted molar refractivity (Wildman–Crippen MR) is 45.9 cm³/mol. The fourth-order valence-corrected chi connectivity index (χ4v) is 1.05. The van der Waals surface area contributed by atoms with Crippen molar-refractivity contribution in [3.63, 3.8) is 0 Å². The van der Waals surface area contributed by atoms with Crippen LogP contribution in [0, 0.1) is 22.0 Å². The first-order valence-electron chi connectivity index (χ1n) is 2.47. The summed E-state index contributed by atoms with van der Waals surface area (Å²) in [6.45, 7) is 0. The van der Waals surface area contributed by atoms with E-state index in [1.807, 2.05) is 18.2 Å². The lowest BCUT2D eigenvalue weighted by molar-refractivity contribution is 1.57. The van der Waals surface area contributed by atoms with Gasteiger partial charge in [0.25, 0.3) is 0 Å². The topological polar surface area (TPSA) is 0 Å². The molecule has 1 aromatic carbocycles. The summed E-state index contributed by atoms with van der Waals surface area (Å²) in [5, 5.41) is 0. The highest BCUT2D eigenvalue weighted by Crippen LogP contribution is 2.08. The molecule has 43 valence electrons. The molecule has 0 saturated heterocycles. The van der Waals surface area contributed by atoms with E-state index in [0.717, 1.165) is 9.13 Å². The lowest BCUT2D eigenvalue weighted by Gasteiger charge is -1.90.